The molecule has 112 valence electrons. The SMILES string of the molecule is CC(C)N(CCC(C(=O)O)c1cccc(Cl)c1)C(C)C. The molecule has 0 aliphatic heterocycles. The van der Waals surface area contributed by atoms with Gasteiger partial charge < -0.3 is 5.11 Å². The Morgan fingerprint density at radius 2 is 1.85 bits per heavy atom. The van der Waals surface area contributed by atoms with Crippen molar-refractivity contribution >= 4 is 17.6 Å². The van der Waals surface area contributed by atoms with Crippen LogP contribution in [0.3, 0.4) is 0 Å². The summed E-state index contributed by atoms with van der Waals surface area (Å²) in [7, 11) is 0. The number of hydrogen-bond donors (Lipinski definition) is 1. The molecule has 20 heavy (non-hydrogen) atoms. The molecular formula is C16H24ClNO2. The van der Waals surface area contributed by atoms with Gasteiger partial charge in [0.25, 0.3) is 0 Å². The van der Waals surface area contributed by atoms with Crippen LogP contribution in [0.5, 0.6) is 0 Å². The van der Waals surface area contributed by atoms with E-state index in [4.69, 9.17) is 11.6 Å². The monoisotopic (exact) mass is 297 g/mol. The molecule has 3 nitrogen and oxygen atoms in total. The van der Waals surface area contributed by atoms with Crippen molar-refractivity contribution < 1.29 is 9.90 Å². The molecule has 0 aromatic heterocycles. The van der Waals surface area contributed by atoms with Gasteiger partial charge in [-0.15, -0.1) is 0 Å². The molecule has 0 aliphatic carbocycles. The third kappa shape index (κ3) is 4.80. The van der Waals surface area contributed by atoms with Crippen LogP contribution in [-0.4, -0.2) is 34.6 Å². The molecule has 1 unspecified atom stereocenters. The molecule has 0 fully saturated rings. The van der Waals surface area contributed by atoms with Gasteiger partial charge in [-0.1, -0.05) is 23.7 Å². The van der Waals surface area contributed by atoms with Crippen LogP contribution >= 0.6 is 11.6 Å². The Balaban J connectivity index is 2.81. The first-order valence-corrected chi connectivity index (χ1v) is 7.44. The highest BCUT2D eigenvalue weighted by molar-refractivity contribution is 6.30. The largest absolute Gasteiger partial charge is 0.481 e. The lowest BCUT2D eigenvalue weighted by Crippen LogP contribution is -2.38. The van der Waals surface area contributed by atoms with Gasteiger partial charge in [-0.25, -0.2) is 0 Å². The lowest BCUT2D eigenvalue weighted by Gasteiger charge is -2.31. The van der Waals surface area contributed by atoms with Gasteiger partial charge >= 0.3 is 5.97 Å². The standard InChI is InChI=1S/C16H24ClNO2/c1-11(2)18(12(3)4)9-8-15(16(19)20)13-6-5-7-14(17)10-13/h5-7,10-12,15H,8-9H2,1-4H3,(H,19,20). The van der Waals surface area contributed by atoms with Crippen LogP contribution in [0.4, 0.5) is 0 Å². The van der Waals surface area contributed by atoms with Crippen molar-refractivity contribution in [3.05, 3.63) is 34.9 Å². The molecule has 1 aromatic carbocycles. The molecule has 4 heteroatoms. The quantitative estimate of drug-likeness (QED) is 0.826. The third-order valence-electron chi connectivity index (χ3n) is 3.55. The van der Waals surface area contributed by atoms with Gasteiger partial charge in [-0.05, 0) is 58.4 Å². The Labute approximate surface area is 126 Å². The summed E-state index contributed by atoms with van der Waals surface area (Å²) in [6.07, 6.45) is 0.589. The number of carbonyl (C=O) groups is 1. The van der Waals surface area contributed by atoms with Crippen molar-refractivity contribution in [3.8, 4) is 0 Å². The topological polar surface area (TPSA) is 40.5 Å². The van der Waals surface area contributed by atoms with Crippen molar-refractivity contribution in [1.29, 1.82) is 0 Å². The summed E-state index contributed by atoms with van der Waals surface area (Å²) in [4.78, 5) is 13.8. The van der Waals surface area contributed by atoms with Gasteiger partial charge in [0.05, 0.1) is 5.92 Å². The predicted octanol–water partition coefficient (Wildman–Crippen LogP) is 4.02. The van der Waals surface area contributed by atoms with Crippen LogP contribution in [0.2, 0.25) is 5.02 Å². The number of hydrogen-bond acceptors (Lipinski definition) is 2. The van der Waals surface area contributed by atoms with Crippen molar-refractivity contribution in [2.24, 2.45) is 0 Å². The molecule has 0 saturated carbocycles. The van der Waals surface area contributed by atoms with Crippen molar-refractivity contribution in [3.63, 3.8) is 0 Å². The highest BCUT2D eigenvalue weighted by atomic mass is 35.5. The number of carboxylic acid groups (broad SMARTS) is 1. The maximum absolute atomic E-state index is 11.5. The second-order valence-electron chi connectivity index (χ2n) is 5.66. The van der Waals surface area contributed by atoms with Gasteiger partial charge in [-0.2, -0.15) is 0 Å². The molecule has 1 N–H and O–H groups in total. The van der Waals surface area contributed by atoms with Gasteiger partial charge in [0.2, 0.25) is 0 Å². The van der Waals surface area contributed by atoms with E-state index in [2.05, 4.69) is 32.6 Å². The zero-order valence-corrected chi connectivity index (χ0v) is 13.4. The van der Waals surface area contributed by atoms with E-state index < -0.39 is 11.9 Å². The van der Waals surface area contributed by atoms with E-state index >= 15 is 0 Å². The van der Waals surface area contributed by atoms with Crippen molar-refractivity contribution in [2.45, 2.75) is 52.1 Å². The molecule has 0 heterocycles. The van der Waals surface area contributed by atoms with Crippen LogP contribution in [-0.2, 0) is 4.79 Å². The Morgan fingerprint density at radius 3 is 2.30 bits per heavy atom. The summed E-state index contributed by atoms with van der Waals surface area (Å²) >= 11 is 5.95. The number of carboxylic acids is 1. The number of benzene rings is 1. The molecular weight excluding hydrogens is 274 g/mol. The summed E-state index contributed by atoms with van der Waals surface area (Å²) in [5, 5.41) is 10.0. The third-order valence-corrected chi connectivity index (χ3v) is 3.79. The second kappa shape index (κ2) is 7.65. The average molecular weight is 298 g/mol. The van der Waals surface area contributed by atoms with E-state index in [-0.39, 0.29) is 0 Å². The maximum atomic E-state index is 11.5. The number of rotatable bonds is 7. The van der Waals surface area contributed by atoms with Gasteiger partial charge in [-0.3, -0.25) is 9.69 Å². The Bertz CT molecular complexity index is 438. The zero-order valence-electron chi connectivity index (χ0n) is 12.6. The van der Waals surface area contributed by atoms with Crippen LogP contribution in [0.15, 0.2) is 24.3 Å². The molecule has 0 amide bonds. The molecule has 0 spiro atoms. The fourth-order valence-electron chi connectivity index (χ4n) is 2.55. The first-order valence-electron chi connectivity index (χ1n) is 7.07. The molecule has 1 rings (SSSR count). The van der Waals surface area contributed by atoms with E-state index in [1.165, 1.54) is 0 Å². The zero-order chi connectivity index (χ0) is 15.3. The Kier molecular flexibility index (Phi) is 6.50. The lowest BCUT2D eigenvalue weighted by atomic mass is 9.95. The van der Waals surface area contributed by atoms with Crippen LogP contribution < -0.4 is 0 Å². The minimum absolute atomic E-state index is 0.406. The molecule has 0 radical (unpaired) electrons. The number of halogens is 1. The highest BCUT2D eigenvalue weighted by Gasteiger charge is 2.22. The summed E-state index contributed by atoms with van der Waals surface area (Å²) in [6, 6.07) is 7.96. The minimum Gasteiger partial charge on any atom is -0.481 e. The summed E-state index contributed by atoms with van der Waals surface area (Å²) in [5.41, 5.74) is 0.775. The molecule has 0 saturated heterocycles. The number of aliphatic carboxylic acids is 1. The highest BCUT2D eigenvalue weighted by Crippen LogP contribution is 2.24. The first kappa shape index (κ1) is 17.0. The van der Waals surface area contributed by atoms with E-state index in [0.29, 0.717) is 23.5 Å². The van der Waals surface area contributed by atoms with E-state index in [1.807, 2.05) is 6.07 Å². The second-order valence-corrected chi connectivity index (χ2v) is 6.10. The molecule has 1 aromatic rings. The average Bonchev–Trinajstić information content (AvgIpc) is 2.32. The fraction of sp³-hybridized carbons (Fsp3) is 0.562. The lowest BCUT2D eigenvalue weighted by molar-refractivity contribution is -0.139. The van der Waals surface area contributed by atoms with E-state index in [9.17, 15) is 9.90 Å². The van der Waals surface area contributed by atoms with Gasteiger partial charge in [0.1, 0.15) is 0 Å². The maximum Gasteiger partial charge on any atom is 0.311 e. The summed E-state index contributed by atoms with van der Waals surface area (Å²) in [5.74, 6) is -1.30. The normalized spacial score (nSPS) is 13.2. The predicted molar refractivity (Wildman–Crippen MR) is 83.4 cm³/mol. The number of nitrogens with zero attached hydrogens (tertiary/aromatic N) is 1. The molecule has 0 aliphatic rings. The smallest absolute Gasteiger partial charge is 0.311 e. The first-order chi connectivity index (χ1) is 9.32. The van der Waals surface area contributed by atoms with Crippen molar-refractivity contribution in [1.82, 2.24) is 4.90 Å². The van der Waals surface area contributed by atoms with Gasteiger partial charge in [0, 0.05) is 17.1 Å². The fourth-order valence-corrected chi connectivity index (χ4v) is 2.75. The summed E-state index contributed by atoms with van der Waals surface area (Å²) < 4.78 is 0. The van der Waals surface area contributed by atoms with E-state index in [1.54, 1.807) is 18.2 Å². The molecule has 1 atom stereocenters. The minimum atomic E-state index is -0.792. The van der Waals surface area contributed by atoms with Crippen LogP contribution in [0, 0.1) is 0 Å². The van der Waals surface area contributed by atoms with Crippen molar-refractivity contribution in [2.75, 3.05) is 6.54 Å². The summed E-state index contributed by atoms with van der Waals surface area (Å²) in [6.45, 7) is 9.30. The Morgan fingerprint density at radius 1 is 1.25 bits per heavy atom. The van der Waals surface area contributed by atoms with E-state index in [0.717, 1.165) is 12.1 Å². The van der Waals surface area contributed by atoms with Crippen LogP contribution in [0.25, 0.3) is 0 Å². The van der Waals surface area contributed by atoms with Crippen LogP contribution in [0.1, 0.15) is 45.6 Å². The van der Waals surface area contributed by atoms with Gasteiger partial charge in [0.15, 0.2) is 0 Å². The Hall–Kier alpha value is -1.06. The molecule has 0 bridgehead atoms.